The zero-order valence-electron chi connectivity index (χ0n) is 11.4. The maximum Gasteiger partial charge on any atom is 0.245 e. The van der Waals surface area contributed by atoms with Crippen molar-refractivity contribution in [3.05, 3.63) is 35.9 Å². The molecule has 0 bridgehead atoms. The molecular formula is C15H20N2O2. The lowest BCUT2D eigenvalue weighted by Gasteiger charge is -2.36. The van der Waals surface area contributed by atoms with Gasteiger partial charge in [-0.2, -0.15) is 0 Å². The van der Waals surface area contributed by atoms with Crippen molar-refractivity contribution in [1.82, 2.24) is 10.2 Å². The topological polar surface area (TPSA) is 49.4 Å². The first-order valence-electron chi connectivity index (χ1n) is 6.74. The number of likely N-dealkylation sites (N-methyl/N-ethyl adjacent to an activating group) is 1. The van der Waals surface area contributed by atoms with Crippen molar-refractivity contribution in [3.8, 4) is 0 Å². The third-order valence-electron chi connectivity index (χ3n) is 3.58. The van der Waals surface area contributed by atoms with Gasteiger partial charge in [-0.15, -0.1) is 0 Å². The molecule has 0 aliphatic carbocycles. The molecule has 1 aliphatic rings. The first-order valence-corrected chi connectivity index (χ1v) is 6.74. The molecule has 0 aromatic heterocycles. The number of carbonyl (C=O) groups is 2. The molecule has 1 fully saturated rings. The van der Waals surface area contributed by atoms with Crippen LogP contribution in [0.2, 0.25) is 0 Å². The predicted octanol–water partition coefficient (Wildman–Crippen LogP) is 1.35. The molecule has 0 saturated carbocycles. The van der Waals surface area contributed by atoms with Crippen LogP contribution in [0.15, 0.2) is 30.3 Å². The normalized spacial score (nSPS) is 23.4. The van der Waals surface area contributed by atoms with E-state index >= 15 is 0 Å². The Morgan fingerprint density at radius 3 is 2.53 bits per heavy atom. The molecule has 2 unspecified atom stereocenters. The fourth-order valence-corrected chi connectivity index (χ4v) is 2.46. The van der Waals surface area contributed by atoms with Gasteiger partial charge < -0.3 is 10.2 Å². The van der Waals surface area contributed by atoms with Crippen molar-refractivity contribution < 1.29 is 9.59 Å². The summed E-state index contributed by atoms with van der Waals surface area (Å²) >= 11 is 0. The van der Waals surface area contributed by atoms with E-state index in [1.54, 1.807) is 11.9 Å². The molecule has 1 aromatic rings. The summed E-state index contributed by atoms with van der Waals surface area (Å²) in [5.74, 6) is -0.0354. The second kappa shape index (κ2) is 5.87. The van der Waals surface area contributed by atoms with Crippen LogP contribution in [0.5, 0.6) is 0 Å². The fraction of sp³-hybridized carbons (Fsp3) is 0.467. The fourth-order valence-electron chi connectivity index (χ4n) is 2.46. The minimum atomic E-state index is -0.400. The Morgan fingerprint density at radius 1 is 1.21 bits per heavy atom. The van der Waals surface area contributed by atoms with Gasteiger partial charge >= 0.3 is 0 Å². The summed E-state index contributed by atoms with van der Waals surface area (Å²) in [5.41, 5.74) is 1.07. The van der Waals surface area contributed by atoms with Crippen LogP contribution in [0, 0.1) is 0 Å². The number of piperazine rings is 1. The Bertz CT molecular complexity index is 458. The number of carbonyl (C=O) groups excluding carboxylic acids is 2. The Morgan fingerprint density at radius 2 is 1.89 bits per heavy atom. The molecule has 1 heterocycles. The van der Waals surface area contributed by atoms with Crippen LogP contribution in [0.25, 0.3) is 0 Å². The molecule has 4 heteroatoms. The lowest BCUT2D eigenvalue weighted by molar-refractivity contribution is -0.147. The van der Waals surface area contributed by atoms with E-state index in [0.717, 1.165) is 12.0 Å². The maximum atomic E-state index is 12.2. The Labute approximate surface area is 113 Å². The smallest absolute Gasteiger partial charge is 0.245 e. The quantitative estimate of drug-likeness (QED) is 0.888. The van der Waals surface area contributed by atoms with E-state index < -0.39 is 6.04 Å². The van der Waals surface area contributed by atoms with Crippen LogP contribution >= 0.6 is 0 Å². The average molecular weight is 260 g/mol. The van der Waals surface area contributed by atoms with Crippen molar-refractivity contribution in [3.63, 3.8) is 0 Å². The van der Waals surface area contributed by atoms with E-state index in [0.29, 0.717) is 12.8 Å². The molecule has 1 N–H and O–H groups in total. The second-order valence-corrected chi connectivity index (χ2v) is 5.00. The highest BCUT2D eigenvalue weighted by Crippen LogP contribution is 2.15. The van der Waals surface area contributed by atoms with E-state index in [1.165, 1.54) is 0 Å². The molecule has 2 amide bonds. The summed E-state index contributed by atoms with van der Waals surface area (Å²) in [5, 5.41) is 2.84. The third kappa shape index (κ3) is 2.95. The number of hydrogen-bond acceptors (Lipinski definition) is 2. The Kier molecular flexibility index (Phi) is 4.20. The number of benzene rings is 1. The monoisotopic (exact) mass is 260 g/mol. The zero-order chi connectivity index (χ0) is 13.8. The number of nitrogens with one attached hydrogen (secondary N) is 1. The van der Waals surface area contributed by atoms with Gasteiger partial charge in [-0.05, 0) is 12.0 Å². The lowest BCUT2D eigenvalue weighted by Crippen LogP contribution is -2.62. The van der Waals surface area contributed by atoms with Crippen molar-refractivity contribution in [2.75, 3.05) is 7.05 Å². The molecule has 19 heavy (non-hydrogen) atoms. The molecule has 0 radical (unpaired) electrons. The van der Waals surface area contributed by atoms with Gasteiger partial charge in [0.25, 0.3) is 0 Å². The Balaban J connectivity index is 2.10. The number of hydrogen-bond donors (Lipinski definition) is 1. The largest absolute Gasteiger partial charge is 0.342 e. The van der Waals surface area contributed by atoms with Crippen LogP contribution in [0.4, 0.5) is 0 Å². The van der Waals surface area contributed by atoms with Gasteiger partial charge in [0.2, 0.25) is 11.8 Å². The van der Waals surface area contributed by atoms with E-state index in [-0.39, 0.29) is 17.9 Å². The summed E-state index contributed by atoms with van der Waals surface area (Å²) < 4.78 is 0. The van der Waals surface area contributed by atoms with E-state index in [1.807, 2.05) is 37.3 Å². The van der Waals surface area contributed by atoms with Crippen LogP contribution in [-0.4, -0.2) is 35.8 Å². The van der Waals surface area contributed by atoms with Crippen LogP contribution in [0.1, 0.15) is 25.3 Å². The molecule has 4 nitrogen and oxygen atoms in total. The first-order chi connectivity index (χ1) is 9.13. The summed E-state index contributed by atoms with van der Waals surface area (Å²) in [4.78, 5) is 25.9. The van der Waals surface area contributed by atoms with Crippen LogP contribution in [0.3, 0.4) is 0 Å². The van der Waals surface area contributed by atoms with Gasteiger partial charge in [-0.25, -0.2) is 0 Å². The van der Waals surface area contributed by atoms with Gasteiger partial charge in [0.15, 0.2) is 0 Å². The van der Waals surface area contributed by atoms with E-state index in [2.05, 4.69) is 5.32 Å². The molecule has 102 valence electrons. The van der Waals surface area contributed by atoms with Gasteiger partial charge in [-0.1, -0.05) is 43.7 Å². The van der Waals surface area contributed by atoms with Gasteiger partial charge in [0.1, 0.15) is 12.1 Å². The van der Waals surface area contributed by atoms with Crippen LogP contribution < -0.4 is 5.32 Å². The minimum Gasteiger partial charge on any atom is -0.342 e. The van der Waals surface area contributed by atoms with Gasteiger partial charge in [-0.3, -0.25) is 9.59 Å². The molecule has 2 atom stereocenters. The summed E-state index contributed by atoms with van der Waals surface area (Å²) in [6, 6.07) is 9.03. The van der Waals surface area contributed by atoms with E-state index in [4.69, 9.17) is 0 Å². The molecule has 1 saturated heterocycles. The summed E-state index contributed by atoms with van der Waals surface area (Å²) in [6.45, 7) is 2.01. The number of nitrogens with zero attached hydrogens (tertiary/aromatic N) is 1. The highest BCUT2D eigenvalue weighted by molar-refractivity contribution is 5.96. The highest BCUT2D eigenvalue weighted by atomic mass is 16.2. The number of rotatable bonds is 4. The predicted molar refractivity (Wildman–Crippen MR) is 73.5 cm³/mol. The van der Waals surface area contributed by atoms with Crippen LogP contribution in [-0.2, 0) is 16.0 Å². The summed E-state index contributed by atoms with van der Waals surface area (Å²) in [7, 11) is 1.72. The molecular weight excluding hydrogens is 240 g/mol. The number of amides is 2. The standard InChI is InChI=1S/C15H20N2O2/c1-3-7-12-15(19)17(2)13(14(18)16-12)10-11-8-5-4-6-9-11/h4-6,8-9,12-13H,3,7,10H2,1-2H3,(H,16,18). The van der Waals surface area contributed by atoms with Crippen molar-refractivity contribution >= 4 is 11.8 Å². The third-order valence-corrected chi connectivity index (χ3v) is 3.58. The Hall–Kier alpha value is -1.84. The maximum absolute atomic E-state index is 12.2. The SMILES string of the molecule is CCCC1NC(=O)C(Cc2ccccc2)N(C)C1=O. The molecule has 1 aliphatic heterocycles. The first kappa shape index (κ1) is 13.6. The van der Waals surface area contributed by atoms with Crippen molar-refractivity contribution in [2.45, 2.75) is 38.3 Å². The molecule has 0 spiro atoms. The van der Waals surface area contributed by atoms with Gasteiger partial charge in [0, 0.05) is 13.5 Å². The minimum absolute atomic E-state index is 0.0161. The molecule has 2 rings (SSSR count). The van der Waals surface area contributed by atoms with Gasteiger partial charge in [0.05, 0.1) is 0 Å². The zero-order valence-corrected chi connectivity index (χ0v) is 11.4. The van der Waals surface area contributed by atoms with Crippen molar-refractivity contribution in [1.29, 1.82) is 0 Å². The lowest BCUT2D eigenvalue weighted by atomic mass is 9.99. The average Bonchev–Trinajstić information content (AvgIpc) is 2.42. The molecule has 1 aromatic carbocycles. The second-order valence-electron chi connectivity index (χ2n) is 5.00. The van der Waals surface area contributed by atoms with Crippen molar-refractivity contribution in [2.24, 2.45) is 0 Å². The summed E-state index contributed by atoms with van der Waals surface area (Å²) in [6.07, 6.45) is 2.15. The van der Waals surface area contributed by atoms with E-state index in [9.17, 15) is 9.59 Å². The highest BCUT2D eigenvalue weighted by Gasteiger charge is 2.37.